The molecule has 0 radical (unpaired) electrons. The monoisotopic (exact) mass is 292 g/mol. The highest BCUT2D eigenvalue weighted by atomic mass is 32.1. The number of nitrogens with two attached hydrogens (primary N) is 1. The van der Waals surface area contributed by atoms with Gasteiger partial charge in [-0.05, 0) is 30.8 Å². The van der Waals surface area contributed by atoms with Crippen molar-refractivity contribution >= 4 is 27.4 Å². The van der Waals surface area contributed by atoms with E-state index in [-0.39, 0.29) is 12.6 Å². The number of hydrogen-bond acceptors (Lipinski definition) is 6. The van der Waals surface area contributed by atoms with Crippen molar-refractivity contribution in [2.75, 3.05) is 18.9 Å². The molecule has 3 rings (SSSR count). The van der Waals surface area contributed by atoms with Crippen LogP contribution in [0.25, 0.3) is 10.2 Å². The molecule has 1 fully saturated rings. The van der Waals surface area contributed by atoms with Gasteiger partial charge in [-0.3, -0.25) is 4.90 Å². The summed E-state index contributed by atoms with van der Waals surface area (Å²) in [4.78, 5) is 12.3. The van der Waals surface area contributed by atoms with Crippen molar-refractivity contribution in [3.05, 3.63) is 17.3 Å². The summed E-state index contributed by atoms with van der Waals surface area (Å²) in [5.74, 6) is 1.32. The molecule has 1 saturated heterocycles. The first-order valence-corrected chi connectivity index (χ1v) is 8.00. The highest BCUT2D eigenvalue weighted by molar-refractivity contribution is 7.16. The molecule has 0 amide bonds. The molecule has 1 aliphatic heterocycles. The van der Waals surface area contributed by atoms with Gasteiger partial charge in [0.25, 0.3) is 0 Å². The van der Waals surface area contributed by atoms with Gasteiger partial charge in [0, 0.05) is 6.04 Å². The summed E-state index contributed by atoms with van der Waals surface area (Å²) in [7, 11) is 0. The molecule has 0 aromatic carbocycles. The lowest BCUT2D eigenvalue weighted by Crippen LogP contribution is -2.37. The molecule has 3 N–H and O–H groups in total. The lowest BCUT2D eigenvalue weighted by atomic mass is 10.1. The van der Waals surface area contributed by atoms with Crippen molar-refractivity contribution < 1.29 is 5.11 Å². The Labute approximate surface area is 122 Å². The number of aromatic nitrogens is 2. The van der Waals surface area contributed by atoms with Gasteiger partial charge in [-0.15, -0.1) is 11.3 Å². The Hall–Kier alpha value is -1.24. The number of rotatable bonds is 3. The zero-order valence-corrected chi connectivity index (χ0v) is 12.3. The third kappa shape index (κ3) is 2.77. The second kappa shape index (κ2) is 6.03. The lowest BCUT2D eigenvalue weighted by molar-refractivity contribution is 0.116. The summed E-state index contributed by atoms with van der Waals surface area (Å²) >= 11 is 1.59. The van der Waals surface area contributed by atoms with Crippen LogP contribution in [0.2, 0.25) is 0 Å². The molecule has 1 unspecified atom stereocenters. The van der Waals surface area contributed by atoms with Crippen LogP contribution in [0.3, 0.4) is 0 Å². The second-order valence-electron chi connectivity index (χ2n) is 5.32. The summed E-state index contributed by atoms with van der Waals surface area (Å²) in [5.41, 5.74) is 5.99. The Balaban J connectivity index is 1.83. The average Bonchev–Trinajstić information content (AvgIpc) is 2.80. The number of nitrogens with zero attached hydrogens (tertiary/aromatic N) is 3. The molecule has 20 heavy (non-hydrogen) atoms. The van der Waals surface area contributed by atoms with E-state index in [9.17, 15) is 5.11 Å². The van der Waals surface area contributed by atoms with Crippen LogP contribution >= 0.6 is 11.3 Å². The van der Waals surface area contributed by atoms with Crippen LogP contribution in [0.5, 0.6) is 0 Å². The fourth-order valence-electron chi connectivity index (χ4n) is 2.83. The molecule has 108 valence electrons. The molecular formula is C14H20N4OS. The lowest BCUT2D eigenvalue weighted by Gasteiger charge is -2.27. The number of likely N-dealkylation sites (tertiary alicyclic amines) is 1. The van der Waals surface area contributed by atoms with Crippen molar-refractivity contribution in [2.45, 2.75) is 38.3 Å². The summed E-state index contributed by atoms with van der Waals surface area (Å²) < 4.78 is 0. The van der Waals surface area contributed by atoms with E-state index in [1.807, 2.05) is 11.4 Å². The zero-order chi connectivity index (χ0) is 13.9. The van der Waals surface area contributed by atoms with Gasteiger partial charge in [0.05, 0.1) is 18.5 Å². The third-order valence-corrected chi connectivity index (χ3v) is 4.76. The molecule has 6 heteroatoms. The second-order valence-corrected chi connectivity index (χ2v) is 6.22. The van der Waals surface area contributed by atoms with Gasteiger partial charge in [-0.2, -0.15) is 0 Å². The fourth-order valence-corrected chi connectivity index (χ4v) is 3.62. The van der Waals surface area contributed by atoms with Crippen molar-refractivity contribution in [3.8, 4) is 0 Å². The third-order valence-electron chi connectivity index (χ3n) is 3.96. The van der Waals surface area contributed by atoms with Crippen LogP contribution in [0.1, 0.15) is 31.5 Å². The van der Waals surface area contributed by atoms with Crippen molar-refractivity contribution in [3.63, 3.8) is 0 Å². The van der Waals surface area contributed by atoms with Crippen molar-refractivity contribution in [1.29, 1.82) is 0 Å². The molecule has 0 aliphatic carbocycles. The van der Waals surface area contributed by atoms with Gasteiger partial charge < -0.3 is 10.8 Å². The maximum Gasteiger partial charge on any atom is 0.146 e. The summed E-state index contributed by atoms with van der Waals surface area (Å²) in [6.07, 6.45) is 4.65. The maximum absolute atomic E-state index is 9.55. The fraction of sp³-hybridized carbons (Fsp3) is 0.571. The highest BCUT2D eigenvalue weighted by Crippen LogP contribution is 2.24. The number of aliphatic hydroxyl groups is 1. The summed E-state index contributed by atoms with van der Waals surface area (Å²) in [5, 5.41) is 12.5. The van der Waals surface area contributed by atoms with E-state index < -0.39 is 0 Å². The van der Waals surface area contributed by atoms with E-state index in [1.165, 1.54) is 19.3 Å². The molecule has 0 saturated carbocycles. The number of thiophene rings is 1. The predicted molar refractivity (Wildman–Crippen MR) is 81.6 cm³/mol. The van der Waals surface area contributed by atoms with E-state index in [0.29, 0.717) is 12.4 Å². The zero-order valence-electron chi connectivity index (χ0n) is 11.5. The van der Waals surface area contributed by atoms with E-state index in [0.717, 1.165) is 29.0 Å². The standard InChI is InChI=1S/C14H20N4OS/c15-13-11-5-7-20-14(11)17-12(16-13)8-18-6-3-1-2-4-10(18)9-19/h5,7,10,19H,1-4,6,8-9H2,(H2,15,16,17). The first kappa shape index (κ1) is 13.7. The molecule has 0 spiro atoms. The van der Waals surface area contributed by atoms with Gasteiger partial charge in [0.2, 0.25) is 0 Å². The van der Waals surface area contributed by atoms with Crippen LogP contribution in [0, 0.1) is 0 Å². The SMILES string of the molecule is Nc1nc(CN2CCCCCC2CO)nc2sccc12. The van der Waals surface area contributed by atoms with Gasteiger partial charge in [-0.25, -0.2) is 9.97 Å². The number of anilines is 1. The normalized spacial score (nSPS) is 21.1. The van der Waals surface area contributed by atoms with Crippen LogP contribution in [0.4, 0.5) is 5.82 Å². The van der Waals surface area contributed by atoms with Gasteiger partial charge in [0.1, 0.15) is 16.5 Å². The van der Waals surface area contributed by atoms with E-state index in [1.54, 1.807) is 11.3 Å². The first-order valence-electron chi connectivity index (χ1n) is 7.12. The van der Waals surface area contributed by atoms with Crippen LogP contribution in [0.15, 0.2) is 11.4 Å². The molecule has 5 nitrogen and oxygen atoms in total. The minimum Gasteiger partial charge on any atom is -0.395 e. The van der Waals surface area contributed by atoms with Crippen LogP contribution in [-0.2, 0) is 6.54 Å². The topological polar surface area (TPSA) is 75.3 Å². The van der Waals surface area contributed by atoms with Gasteiger partial charge in [0.15, 0.2) is 0 Å². The number of nitrogen functional groups attached to an aromatic ring is 1. The summed E-state index contributed by atoms with van der Waals surface area (Å²) in [6.45, 7) is 1.87. The largest absolute Gasteiger partial charge is 0.395 e. The Morgan fingerprint density at radius 1 is 1.35 bits per heavy atom. The quantitative estimate of drug-likeness (QED) is 0.905. The van der Waals surface area contributed by atoms with Crippen molar-refractivity contribution in [2.24, 2.45) is 0 Å². The average molecular weight is 292 g/mol. The summed E-state index contributed by atoms with van der Waals surface area (Å²) in [6, 6.07) is 2.18. The minimum absolute atomic E-state index is 0.205. The Kier molecular flexibility index (Phi) is 4.14. The molecule has 1 atom stereocenters. The molecule has 0 bridgehead atoms. The van der Waals surface area contributed by atoms with Crippen LogP contribution in [-0.4, -0.2) is 39.2 Å². The Bertz CT molecular complexity index is 586. The number of aliphatic hydroxyl groups excluding tert-OH is 1. The number of hydrogen-bond donors (Lipinski definition) is 2. The molecule has 2 aromatic rings. The Morgan fingerprint density at radius 2 is 2.25 bits per heavy atom. The number of fused-ring (bicyclic) bond motifs is 1. The van der Waals surface area contributed by atoms with E-state index in [4.69, 9.17) is 5.73 Å². The Morgan fingerprint density at radius 3 is 3.10 bits per heavy atom. The van der Waals surface area contributed by atoms with E-state index in [2.05, 4.69) is 14.9 Å². The van der Waals surface area contributed by atoms with Gasteiger partial charge >= 0.3 is 0 Å². The highest BCUT2D eigenvalue weighted by Gasteiger charge is 2.21. The van der Waals surface area contributed by atoms with Crippen molar-refractivity contribution in [1.82, 2.24) is 14.9 Å². The predicted octanol–water partition coefficient (Wildman–Crippen LogP) is 2.01. The van der Waals surface area contributed by atoms with Gasteiger partial charge in [-0.1, -0.05) is 12.8 Å². The minimum atomic E-state index is 0.205. The first-order chi connectivity index (χ1) is 9.78. The molecule has 1 aliphatic rings. The smallest absolute Gasteiger partial charge is 0.146 e. The van der Waals surface area contributed by atoms with E-state index >= 15 is 0 Å². The maximum atomic E-state index is 9.55. The van der Waals surface area contributed by atoms with Crippen LogP contribution < -0.4 is 5.73 Å². The molecule has 2 aromatic heterocycles. The molecular weight excluding hydrogens is 272 g/mol. The molecule has 3 heterocycles.